The molecule has 106 valence electrons. The lowest BCUT2D eigenvalue weighted by Gasteiger charge is -2.02. The highest BCUT2D eigenvalue weighted by Gasteiger charge is 2.12. The number of ether oxygens (including phenoxy) is 1. The molecule has 0 aliphatic carbocycles. The lowest BCUT2D eigenvalue weighted by Crippen LogP contribution is -2.28. The Morgan fingerprint density at radius 2 is 2.35 bits per heavy atom. The van der Waals surface area contributed by atoms with Crippen molar-refractivity contribution in [3.63, 3.8) is 0 Å². The number of nitrogens with zero attached hydrogens (tertiary/aromatic N) is 1. The van der Waals surface area contributed by atoms with E-state index in [-0.39, 0.29) is 31.4 Å². The van der Waals surface area contributed by atoms with Crippen molar-refractivity contribution in [3.8, 4) is 11.5 Å². The van der Waals surface area contributed by atoms with Crippen LogP contribution in [0.1, 0.15) is 10.5 Å². The Bertz CT molecular complexity index is 576. The number of carbonyl (C=O) groups excluding carboxylic acids is 1. The number of carbonyl (C=O) groups is 2. The van der Waals surface area contributed by atoms with Crippen LogP contribution in [0.2, 0.25) is 0 Å². The van der Waals surface area contributed by atoms with E-state index in [1.54, 1.807) is 18.2 Å². The fourth-order valence-corrected chi connectivity index (χ4v) is 1.48. The second kappa shape index (κ2) is 6.53. The number of aliphatic carboxylic acids is 1. The maximum atomic E-state index is 11.7. The van der Waals surface area contributed by atoms with E-state index in [0.717, 1.165) is 0 Å². The van der Waals surface area contributed by atoms with Gasteiger partial charge in [0.25, 0.3) is 5.91 Å². The molecule has 20 heavy (non-hydrogen) atoms. The Morgan fingerprint density at radius 3 is 3.05 bits per heavy atom. The Morgan fingerprint density at radius 1 is 1.50 bits per heavy atom. The van der Waals surface area contributed by atoms with E-state index < -0.39 is 5.97 Å². The molecule has 0 aromatic carbocycles. The van der Waals surface area contributed by atoms with E-state index in [4.69, 9.17) is 14.3 Å². The van der Waals surface area contributed by atoms with Crippen LogP contribution < -0.4 is 5.32 Å². The molecule has 0 bridgehead atoms. The maximum absolute atomic E-state index is 11.7. The molecule has 0 unspecified atom stereocenters. The van der Waals surface area contributed by atoms with Gasteiger partial charge in [-0.25, -0.2) is 4.79 Å². The molecule has 0 radical (unpaired) electrons. The lowest BCUT2D eigenvalue weighted by atomic mass is 10.3. The molecule has 8 nitrogen and oxygen atoms in total. The SMILES string of the molecule is O=C(O)COCCNC(=O)c1cc(-c2ccco2)[nH]n1. The van der Waals surface area contributed by atoms with E-state index in [9.17, 15) is 9.59 Å². The first-order valence-corrected chi connectivity index (χ1v) is 5.84. The number of carboxylic acid groups (broad SMARTS) is 1. The van der Waals surface area contributed by atoms with Gasteiger partial charge in [0.15, 0.2) is 11.5 Å². The number of aromatic amines is 1. The largest absolute Gasteiger partial charge is 0.480 e. The van der Waals surface area contributed by atoms with Gasteiger partial charge in [-0.2, -0.15) is 5.10 Å². The van der Waals surface area contributed by atoms with Crippen LogP contribution in [0.4, 0.5) is 0 Å². The van der Waals surface area contributed by atoms with Crippen molar-refractivity contribution in [1.82, 2.24) is 15.5 Å². The summed E-state index contributed by atoms with van der Waals surface area (Å²) in [6, 6.07) is 5.04. The zero-order valence-corrected chi connectivity index (χ0v) is 10.5. The molecule has 0 saturated heterocycles. The summed E-state index contributed by atoms with van der Waals surface area (Å²) in [4.78, 5) is 21.9. The molecule has 2 rings (SSSR count). The number of hydrogen-bond acceptors (Lipinski definition) is 5. The molecule has 2 aromatic heterocycles. The van der Waals surface area contributed by atoms with Crippen molar-refractivity contribution in [2.24, 2.45) is 0 Å². The summed E-state index contributed by atoms with van der Waals surface area (Å²) in [6.45, 7) is -0.0660. The van der Waals surface area contributed by atoms with Crippen LogP contribution in [-0.4, -0.2) is 46.9 Å². The molecule has 1 amide bonds. The van der Waals surface area contributed by atoms with Crippen LogP contribution in [-0.2, 0) is 9.53 Å². The van der Waals surface area contributed by atoms with Crippen LogP contribution in [0, 0.1) is 0 Å². The Labute approximate surface area is 113 Å². The van der Waals surface area contributed by atoms with Gasteiger partial charge in [0.1, 0.15) is 12.3 Å². The number of carboxylic acids is 1. The summed E-state index contributed by atoms with van der Waals surface area (Å²) in [5, 5.41) is 17.5. The molecule has 0 fully saturated rings. The molecule has 3 N–H and O–H groups in total. The highest BCUT2D eigenvalue weighted by molar-refractivity contribution is 5.93. The minimum Gasteiger partial charge on any atom is -0.480 e. The van der Waals surface area contributed by atoms with Gasteiger partial charge >= 0.3 is 5.97 Å². The lowest BCUT2D eigenvalue weighted by molar-refractivity contribution is -0.142. The van der Waals surface area contributed by atoms with Crippen LogP contribution in [0.25, 0.3) is 11.5 Å². The molecular formula is C12H13N3O5. The van der Waals surface area contributed by atoms with Crippen molar-refractivity contribution in [2.45, 2.75) is 0 Å². The average Bonchev–Trinajstić information content (AvgIpc) is 3.08. The second-order valence-corrected chi connectivity index (χ2v) is 3.85. The summed E-state index contributed by atoms with van der Waals surface area (Å²) in [6.07, 6.45) is 1.52. The first-order chi connectivity index (χ1) is 9.66. The first kappa shape index (κ1) is 13.8. The van der Waals surface area contributed by atoms with Crippen LogP contribution in [0.15, 0.2) is 28.9 Å². The highest BCUT2D eigenvalue weighted by atomic mass is 16.5. The molecule has 0 aliphatic rings. The summed E-state index contributed by atoms with van der Waals surface area (Å²) < 4.78 is 9.96. The van der Waals surface area contributed by atoms with Crippen molar-refractivity contribution < 1.29 is 23.8 Å². The highest BCUT2D eigenvalue weighted by Crippen LogP contribution is 2.17. The molecule has 0 atom stereocenters. The molecule has 8 heteroatoms. The quantitative estimate of drug-likeness (QED) is 0.635. The van der Waals surface area contributed by atoms with Crippen molar-refractivity contribution in [1.29, 1.82) is 0 Å². The normalized spacial score (nSPS) is 10.4. The van der Waals surface area contributed by atoms with Gasteiger partial charge in [-0.1, -0.05) is 0 Å². The summed E-state index contributed by atoms with van der Waals surface area (Å²) in [7, 11) is 0. The van der Waals surface area contributed by atoms with E-state index in [1.165, 1.54) is 6.26 Å². The van der Waals surface area contributed by atoms with E-state index in [2.05, 4.69) is 15.5 Å². The topological polar surface area (TPSA) is 117 Å². The van der Waals surface area contributed by atoms with Gasteiger partial charge in [-0.3, -0.25) is 9.89 Å². The zero-order chi connectivity index (χ0) is 14.4. The predicted octanol–water partition coefficient (Wildman–Crippen LogP) is 0.501. The van der Waals surface area contributed by atoms with Crippen LogP contribution in [0.5, 0.6) is 0 Å². The number of aromatic nitrogens is 2. The van der Waals surface area contributed by atoms with Gasteiger partial charge in [-0.05, 0) is 12.1 Å². The molecule has 0 aliphatic heterocycles. The number of furan rings is 1. The molecule has 2 aromatic rings. The smallest absolute Gasteiger partial charge is 0.329 e. The third-order valence-corrected chi connectivity index (χ3v) is 2.35. The summed E-state index contributed by atoms with van der Waals surface area (Å²) in [5.41, 5.74) is 0.817. The fourth-order valence-electron chi connectivity index (χ4n) is 1.48. The average molecular weight is 279 g/mol. The fraction of sp³-hybridized carbons (Fsp3) is 0.250. The molecular weight excluding hydrogens is 266 g/mol. The number of rotatable bonds is 7. The number of amides is 1. The number of H-pyrrole nitrogens is 1. The third kappa shape index (κ3) is 3.69. The minimum absolute atomic E-state index is 0.119. The summed E-state index contributed by atoms with van der Waals surface area (Å²) >= 11 is 0. The van der Waals surface area contributed by atoms with E-state index >= 15 is 0 Å². The molecule has 2 heterocycles. The summed E-state index contributed by atoms with van der Waals surface area (Å²) in [5.74, 6) is -0.842. The van der Waals surface area contributed by atoms with Gasteiger partial charge < -0.3 is 19.6 Å². The van der Waals surface area contributed by atoms with E-state index in [1.807, 2.05) is 0 Å². The van der Waals surface area contributed by atoms with Gasteiger partial charge in [0, 0.05) is 12.6 Å². The Hall–Kier alpha value is -2.61. The minimum atomic E-state index is -1.05. The third-order valence-electron chi connectivity index (χ3n) is 2.35. The van der Waals surface area contributed by atoms with Gasteiger partial charge in [0.2, 0.25) is 0 Å². The van der Waals surface area contributed by atoms with Gasteiger partial charge in [0.05, 0.1) is 12.9 Å². The monoisotopic (exact) mass is 279 g/mol. The number of nitrogens with one attached hydrogen (secondary N) is 2. The van der Waals surface area contributed by atoms with Gasteiger partial charge in [-0.15, -0.1) is 0 Å². The first-order valence-electron chi connectivity index (χ1n) is 5.84. The molecule has 0 spiro atoms. The van der Waals surface area contributed by atoms with Crippen LogP contribution in [0.3, 0.4) is 0 Å². The standard InChI is InChI=1S/C12H13N3O5/c16-11(17)7-19-5-3-13-12(18)9-6-8(14-15-9)10-2-1-4-20-10/h1-2,4,6H,3,5,7H2,(H,13,18)(H,14,15)(H,16,17). The van der Waals surface area contributed by atoms with E-state index in [0.29, 0.717) is 11.5 Å². The second-order valence-electron chi connectivity index (χ2n) is 3.85. The van der Waals surface area contributed by atoms with Crippen molar-refractivity contribution >= 4 is 11.9 Å². The Kier molecular flexibility index (Phi) is 4.51. The predicted molar refractivity (Wildman–Crippen MR) is 67.1 cm³/mol. The van der Waals surface area contributed by atoms with Crippen LogP contribution >= 0.6 is 0 Å². The van der Waals surface area contributed by atoms with Crippen molar-refractivity contribution in [3.05, 3.63) is 30.2 Å². The molecule has 0 saturated carbocycles. The zero-order valence-electron chi connectivity index (χ0n) is 10.5. The Balaban J connectivity index is 1.80. The number of hydrogen-bond donors (Lipinski definition) is 3. The maximum Gasteiger partial charge on any atom is 0.329 e. The van der Waals surface area contributed by atoms with Crippen molar-refractivity contribution in [2.75, 3.05) is 19.8 Å².